The average molecular weight is 303 g/mol. The van der Waals surface area contributed by atoms with Crippen molar-refractivity contribution in [1.82, 2.24) is 10.3 Å². The van der Waals surface area contributed by atoms with Gasteiger partial charge in [-0.2, -0.15) is 0 Å². The van der Waals surface area contributed by atoms with Crippen LogP contribution in [0.25, 0.3) is 0 Å². The predicted molar refractivity (Wildman–Crippen MR) is 70.3 cm³/mol. The summed E-state index contributed by atoms with van der Waals surface area (Å²) in [5.74, 6) is -0.710. The zero-order valence-electron chi connectivity index (χ0n) is 10.2. The summed E-state index contributed by atoms with van der Waals surface area (Å²) in [6.07, 6.45) is 4.11. The Balaban J connectivity index is 2.03. The minimum Gasteiger partial charge on any atom is -0.469 e. The van der Waals surface area contributed by atoms with Crippen molar-refractivity contribution >= 4 is 35.1 Å². The van der Waals surface area contributed by atoms with Gasteiger partial charge in [0, 0.05) is 18.9 Å². The molecule has 0 aromatic carbocycles. The second-order valence-electron chi connectivity index (χ2n) is 4.44. The highest BCUT2D eigenvalue weighted by Gasteiger charge is 2.51. The standard InChI is InChI=1S/C12H12Cl2N2O3/c1-19-11(18)12(2-3-12)6-16-10(17)7-4-15-5-8(13)9(7)14/h4-5H,2-3,6H2,1H3,(H,16,17). The minimum atomic E-state index is -0.580. The van der Waals surface area contributed by atoms with Crippen molar-refractivity contribution in [3.05, 3.63) is 28.0 Å². The number of aromatic nitrogens is 1. The number of ether oxygens (including phenoxy) is 1. The molecule has 5 nitrogen and oxygen atoms in total. The molecule has 1 heterocycles. The zero-order valence-corrected chi connectivity index (χ0v) is 11.7. The van der Waals surface area contributed by atoms with Gasteiger partial charge in [0.25, 0.3) is 5.91 Å². The molecular weight excluding hydrogens is 291 g/mol. The van der Waals surface area contributed by atoms with Crippen LogP contribution in [0.15, 0.2) is 12.4 Å². The van der Waals surface area contributed by atoms with Crippen molar-refractivity contribution < 1.29 is 14.3 Å². The van der Waals surface area contributed by atoms with E-state index >= 15 is 0 Å². The van der Waals surface area contributed by atoms with Crippen LogP contribution < -0.4 is 5.32 Å². The molecule has 1 amide bonds. The molecule has 0 spiro atoms. The van der Waals surface area contributed by atoms with Crippen molar-refractivity contribution in [3.63, 3.8) is 0 Å². The van der Waals surface area contributed by atoms with Gasteiger partial charge in [-0.25, -0.2) is 0 Å². The molecule has 1 aromatic heterocycles. The van der Waals surface area contributed by atoms with Crippen LogP contribution in [0.1, 0.15) is 23.2 Å². The second kappa shape index (κ2) is 5.35. The Kier molecular flexibility index (Phi) is 3.96. The topological polar surface area (TPSA) is 68.3 Å². The molecule has 1 aliphatic carbocycles. The van der Waals surface area contributed by atoms with Crippen LogP contribution in [-0.4, -0.2) is 30.5 Å². The molecule has 102 valence electrons. The number of hydrogen-bond acceptors (Lipinski definition) is 4. The van der Waals surface area contributed by atoms with Crippen LogP contribution in [0.4, 0.5) is 0 Å². The van der Waals surface area contributed by atoms with Crippen molar-refractivity contribution in [3.8, 4) is 0 Å². The van der Waals surface area contributed by atoms with Gasteiger partial charge in [0.15, 0.2) is 0 Å². The number of halogens is 2. The van der Waals surface area contributed by atoms with Gasteiger partial charge in [-0.05, 0) is 12.8 Å². The predicted octanol–water partition coefficient (Wildman–Crippen LogP) is 2.07. The van der Waals surface area contributed by atoms with E-state index in [4.69, 9.17) is 27.9 Å². The first-order valence-corrected chi connectivity index (χ1v) is 6.41. The lowest BCUT2D eigenvalue weighted by atomic mass is 10.1. The summed E-state index contributed by atoms with van der Waals surface area (Å²) in [6, 6.07) is 0. The third kappa shape index (κ3) is 2.82. The smallest absolute Gasteiger partial charge is 0.313 e. The van der Waals surface area contributed by atoms with Gasteiger partial charge in [-0.1, -0.05) is 23.2 Å². The van der Waals surface area contributed by atoms with E-state index in [2.05, 4.69) is 10.3 Å². The molecule has 0 bridgehead atoms. The van der Waals surface area contributed by atoms with Crippen molar-refractivity contribution in [2.45, 2.75) is 12.8 Å². The number of esters is 1. The lowest BCUT2D eigenvalue weighted by molar-refractivity contribution is -0.146. The van der Waals surface area contributed by atoms with E-state index in [9.17, 15) is 9.59 Å². The summed E-state index contributed by atoms with van der Waals surface area (Å²) in [5.41, 5.74) is -0.391. The average Bonchev–Trinajstić information content (AvgIpc) is 3.19. The van der Waals surface area contributed by atoms with Gasteiger partial charge in [-0.3, -0.25) is 14.6 Å². The van der Waals surface area contributed by atoms with E-state index in [1.54, 1.807) is 0 Å². The molecule has 1 aromatic rings. The largest absolute Gasteiger partial charge is 0.469 e. The Morgan fingerprint density at radius 3 is 2.68 bits per heavy atom. The fraction of sp³-hybridized carbons (Fsp3) is 0.417. The van der Waals surface area contributed by atoms with E-state index in [0.717, 1.165) is 0 Å². The molecule has 2 rings (SSSR count). The van der Waals surface area contributed by atoms with Crippen LogP contribution in [0.3, 0.4) is 0 Å². The van der Waals surface area contributed by atoms with Gasteiger partial charge >= 0.3 is 5.97 Å². The van der Waals surface area contributed by atoms with Gasteiger partial charge < -0.3 is 10.1 Å². The van der Waals surface area contributed by atoms with Gasteiger partial charge in [-0.15, -0.1) is 0 Å². The van der Waals surface area contributed by atoms with Crippen LogP contribution >= 0.6 is 23.2 Å². The van der Waals surface area contributed by atoms with E-state index < -0.39 is 11.3 Å². The maximum absolute atomic E-state index is 12.0. The number of carbonyl (C=O) groups excluding carboxylic acids is 2. The first-order valence-electron chi connectivity index (χ1n) is 5.66. The van der Waals surface area contributed by atoms with Crippen molar-refractivity contribution in [2.24, 2.45) is 5.41 Å². The third-order valence-electron chi connectivity index (χ3n) is 3.14. The van der Waals surface area contributed by atoms with E-state index in [1.165, 1.54) is 19.5 Å². The van der Waals surface area contributed by atoms with Gasteiger partial charge in [0.2, 0.25) is 0 Å². The third-order valence-corrected chi connectivity index (χ3v) is 3.93. The Labute approximate surface area is 120 Å². The number of methoxy groups -OCH3 is 1. The maximum Gasteiger partial charge on any atom is 0.313 e. The molecule has 1 fully saturated rings. The van der Waals surface area contributed by atoms with Crippen LogP contribution in [-0.2, 0) is 9.53 Å². The molecular formula is C12H12Cl2N2O3. The Morgan fingerprint density at radius 2 is 2.11 bits per heavy atom. The summed E-state index contributed by atoms with van der Waals surface area (Å²) in [7, 11) is 1.34. The van der Waals surface area contributed by atoms with Gasteiger partial charge in [0.05, 0.1) is 28.1 Å². The molecule has 1 aliphatic rings. The summed E-state index contributed by atoms with van der Waals surface area (Å²) in [5, 5.41) is 3.02. The van der Waals surface area contributed by atoms with Crippen LogP contribution in [0.5, 0.6) is 0 Å². The van der Waals surface area contributed by atoms with Crippen LogP contribution in [0, 0.1) is 5.41 Å². The summed E-state index contributed by atoms with van der Waals surface area (Å²) in [4.78, 5) is 27.3. The highest BCUT2D eigenvalue weighted by molar-refractivity contribution is 6.43. The van der Waals surface area contributed by atoms with E-state index in [-0.39, 0.29) is 28.1 Å². The Morgan fingerprint density at radius 1 is 1.42 bits per heavy atom. The van der Waals surface area contributed by atoms with E-state index in [0.29, 0.717) is 12.8 Å². The quantitative estimate of drug-likeness (QED) is 0.865. The monoisotopic (exact) mass is 302 g/mol. The minimum absolute atomic E-state index is 0.150. The molecule has 19 heavy (non-hydrogen) atoms. The zero-order chi connectivity index (χ0) is 14.0. The lowest BCUT2D eigenvalue weighted by Gasteiger charge is -2.13. The number of nitrogens with zero attached hydrogens (tertiary/aromatic N) is 1. The highest BCUT2D eigenvalue weighted by atomic mass is 35.5. The molecule has 0 radical (unpaired) electrons. The first-order chi connectivity index (χ1) is 9.00. The maximum atomic E-state index is 12.0. The Hall–Kier alpha value is -1.33. The molecule has 0 unspecified atom stereocenters. The Bertz CT molecular complexity index is 530. The fourth-order valence-corrected chi connectivity index (χ4v) is 2.08. The van der Waals surface area contributed by atoms with Crippen LogP contribution in [0.2, 0.25) is 10.0 Å². The SMILES string of the molecule is COC(=O)C1(CNC(=O)c2cncc(Cl)c2Cl)CC1. The molecule has 0 saturated heterocycles. The fourth-order valence-electron chi connectivity index (χ4n) is 1.74. The molecule has 1 N–H and O–H groups in total. The number of rotatable bonds is 4. The van der Waals surface area contributed by atoms with Crippen molar-refractivity contribution in [1.29, 1.82) is 0 Å². The molecule has 7 heteroatoms. The number of amides is 1. The number of nitrogens with one attached hydrogen (secondary N) is 1. The van der Waals surface area contributed by atoms with E-state index in [1.807, 2.05) is 0 Å². The van der Waals surface area contributed by atoms with Gasteiger partial charge in [0.1, 0.15) is 0 Å². The summed E-state index contributed by atoms with van der Waals surface area (Å²) >= 11 is 11.7. The normalized spacial score (nSPS) is 15.7. The number of hydrogen-bond donors (Lipinski definition) is 1. The lowest BCUT2D eigenvalue weighted by Crippen LogP contribution is -2.35. The summed E-state index contributed by atoms with van der Waals surface area (Å²) in [6.45, 7) is 0.224. The molecule has 0 atom stereocenters. The first kappa shape index (κ1) is 14.1. The highest BCUT2D eigenvalue weighted by Crippen LogP contribution is 2.46. The molecule has 0 aliphatic heterocycles. The molecule has 1 saturated carbocycles. The number of pyridine rings is 1. The number of carbonyl (C=O) groups is 2. The van der Waals surface area contributed by atoms with Crippen molar-refractivity contribution in [2.75, 3.05) is 13.7 Å². The second-order valence-corrected chi connectivity index (χ2v) is 5.22. The summed E-state index contributed by atoms with van der Waals surface area (Å²) < 4.78 is 4.71.